The van der Waals surface area contributed by atoms with Crippen LogP contribution in [0.4, 0.5) is 15.0 Å². The highest BCUT2D eigenvalue weighted by atomic mass is 35.5. The summed E-state index contributed by atoms with van der Waals surface area (Å²) in [6, 6.07) is 4.99. The van der Waals surface area contributed by atoms with E-state index in [0.29, 0.717) is 10.8 Å². The highest BCUT2D eigenvalue weighted by molar-refractivity contribution is 7.93. The fourth-order valence-electron chi connectivity index (χ4n) is 4.30. The second-order valence-corrected chi connectivity index (χ2v) is 14.2. The second kappa shape index (κ2) is 9.74. The number of alkyl carbamates (subject to hydrolysis) is 1. The fourth-order valence-corrected chi connectivity index (χ4v) is 6.18. The Morgan fingerprint density at radius 2 is 1.95 bits per heavy atom. The number of imidazole rings is 1. The Kier molecular flexibility index (Phi) is 7.18. The Morgan fingerprint density at radius 1 is 1.26 bits per heavy atom. The molecule has 0 fully saturated rings. The maximum atomic E-state index is 15.2. The van der Waals surface area contributed by atoms with E-state index in [1.807, 2.05) is 11.3 Å². The van der Waals surface area contributed by atoms with Crippen molar-refractivity contribution in [2.24, 2.45) is 4.99 Å². The number of rotatable bonds is 4. The van der Waals surface area contributed by atoms with Crippen LogP contribution in [0.25, 0.3) is 5.65 Å². The number of aromatic nitrogens is 3. The summed E-state index contributed by atoms with van der Waals surface area (Å²) in [5, 5.41) is 6.20. The Morgan fingerprint density at radius 3 is 2.62 bits per heavy atom. The van der Waals surface area contributed by atoms with Crippen LogP contribution < -0.4 is 10.6 Å². The van der Waals surface area contributed by atoms with Gasteiger partial charge in [-0.3, -0.25) is 10.3 Å². The van der Waals surface area contributed by atoms with Crippen LogP contribution in [-0.4, -0.2) is 50.8 Å². The van der Waals surface area contributed by atoms with Gasteiger partial charge in [-0.15, -0.1) is 0 Å². The van der Waals surface area contributed by atoms with Gasteiger partial charge in [-0.2, -0.15) is 0 Å². The monoisotopic (exact) mass is 578 g/mol. The second-order valence-electron chi connectivity index (χ2n) is 11.3. The third-order valence-corrected chi connectivity index (χ3v) is 9.50. The fraction of sp³-hybridized carbons (Fsp3) is 0.462. The van der Waals surface area contributed by atoms with Crippen molar-refractivity contribution in [1.82, 2.24) is 19.7 Å². The van der Waals surface area contributed by atoms with Crippen molar-refractivity contribution in [2.45, 2.75) is 70.9 Å². The molecule has 0 aliphatic carbocycles. The molecular formula is C26H32ClFN6O4S. The SMILES string of the molecule is Cc1c(CNc2cc([C@]3(C)CS(=O)(=O)C(C)(C)C(NC(=O)OC(C)(C)C)=N3)c(F)cn2)nc2ccc(Cl)cn12. The number of aryl methyl sites for hydroxylation is 1. The lowest BCUT2D eigenvalue weighted by Gasteiger charge is -2.39. The zero-order valence-corrected chi connectivity index (χ0v) is 24.5. The third-order valence-electron chi connectivity index (χ3n) is 6.59. The van der Waals surface area contributed by atoms with Gasteiger partial charge in [0.15, 0.2) is 9.84 Å². The lowest BCUT2D eigenvalue weighted by atomic mass is 9.94. The van der Waals surface area contributed by atoms with Crippen molar-refractivity contribution in [3.8, 4) is 0 Å². The zero-order chi connectivity index (χ0) is 29.0. The molecule has 0 saturated heterocycles. The van der Waals surface area contributed by atoms with Crippen molar-refractivity contribution < 1.29 is 22.3 Å². The number of anilines is 1. The molecule has 1 amide bonds. The van der Waals surface area contributed by atoms with Crippen LogP contribution >= 0.6 is 11.6 Å². The highest BCUT2D eigenvalue weighted by Crippen LogP contribution is 2.39. The average molecular weight is 579 g/mol. The number of ether oxygens (including phenoxy) is 1. The van der Waals surface area contributed by atoms with Crippen LogP contribution in [0.3, 0.4) is 0 Å². The third kappa shape index (κ3) is 5.72. The molecule has 210 valence electrons. The van der Waals surface area contributed by atoms with Crippen LogP contribution in [0.15, 0.2) is 35.6 Å². The molecule has 13 heteroatoms. The first kappa shape index (κ1) is 28.8. The summed E-state index contributed by atoms with van der Waals surface area (Å²) >= 11 is 6.10. The number of nitrogens with one attached hydrogen (secondary N) is 2. The van der Waals surface area contributed by atoms with Gasteiger partial charge in [0.2, 0.25) is 0 Å². The topological polar surface area (TPSA) is 127 Å². The van der Waals surface area contributed by atoms with Gasteiger partial charge in [0, 0.05) is 17.5 Å². The Hall–Kier alpha value is -3.25. The molecule has 0 aromatic carbocycles. The standard InChI is InChI=1S/C26H32ClFN6O4S/c1-15-19(31-21-9-8-16(27)13-34(15)21)12-30-20-10-17(18(28)11-29-20)26(7)14-39(36,37)25(5,6)22(33-26)32-23(35)38-24(2,3)4/h8-11,13H,12,14H2,1-7H3,(H,29,30)(H,32,33,35)/t26-/m0/s1. The molecule has 10 nitrogen and oxygen atoms in total. The smallest absolute Gasteiger partial charge is 0.413 e. The number of amides is 1. The van der Waals surface area contributed by atoms with Crippen molar-refractivity contribution in [3.05, 3.63) is 58.4 Å². The summed E-state index contributed by atoms with van der Waals surface area (Å²) < 4.78 is 47.6. The Balaban J connectivity index is 1.67. The molecule has 39 heavy (non-hydrogen) atoms. The van der Waals surface area contributed by atoms with Crippen LogP contribution in [-0.2, 0) is 26.7 Å². The Bertz CT molecular complexity index is 1600. The number of carbonyl (C=O) groups is 1. The van der Waals surface area contributed by atoms with Gasteiger partial charge < -0.3 is 14.5 Å². The van der Waals surface area contributed by atoms with E-state index in [0.717, 1.165) is 23.2 Å². The number of amidine groups is 1. The molecule has 3 aromatic rings. The summed E-state index contributed by atoms with van der Waals surface area (Å²) in [7, 11) is -3.90. The molecule has 0 bridgehead atoms. The van der Waals surface area contributed by atoms with E-state index in [9.17, 15) is 13.2 Å². The number of carbonyl (C=O) groups excluding carboxylic acids is 1. The van der Waals surface area contributed by atoms with E-state index in [1.165, 1.54) is 26.8 Å². The molecule has 1 atom stereocenters. The lowest BCUT2D eigenvalue weighted by molar-refractivity contribution is 0.0560. The molecule has 2 N–H and O–H groups in total. The number of halogens is 2. The number of hydrogen-bond acceptors (Lipinski definition) is 8. The average Bonchev–Trinajstić information content (AvgIpc) is 3.10. The van der Waals surface area contributed by atoms with E-state index < -0.39 is 43.4 Å². The van der Waals surface area contributed by atoms with Crippen molar-refractivity contribution in [1.29, 1.82) is 0 Å². The van der Waals surface area contributed by atoms with Crippen LogP contribution in [0, 0.1) is 12.7 Å². The molecule has 0 spiro atoms. The summed E-state index contributed by atoms with van der Waals surface area (Å²) in [5.74, 6) is -1.02. The van der Waals surface area contributed by atoms with Gasteiger partial charge in [-0.25, -0.2) is 27.6 Å². The minimum absolute atomic E-state index is 0.0149. The van der Waals surface area contributed by atoms with E-state index in [2.05, 4.69) is 25.6 Å². The molecule has 4 rings (SSSR count). The molecule has 4 heterocycles. The molecule has 0 saturated carbocycles. The Labute approximate surface area is 232 Å². The maximum absolute atomic E-state index is 15.2. The molecular weight excluding hydrogens is 547 g/mol. The summed E-state index contributed by atoms with van der Waals surface area (Å²) in [4.78, 5) is 25.8. The first-order valence-corrected chi connectivity index (χ1v) is 14.3. The summed E-state index contributed by atoms with van der Waals surface area (Å²) in [6.45, 7) is 11.6. The quantitative estimate of drug-likeness (QED) is 0.456. The summed E-state index contributed by atoms with van der Waals surface area (Å²) in [5.41, 5.74) is -0.00543. The first-order valence-electron chi connectivity index (χ1n) is 12.3. The highest BCUT2D eigenvalue weighted by Gasteiger charge is 2.51. The van der Waals surface area contributed by atoms with Gasteiger partial charge in [-0.05, 0) is 66.7 Å². The minimum atomic E-state index is -3.90. The summed E-state index contributed by atoms with van der Waals surface area (Å²) in [6.07, 6.45) is 1.93. The number of nitrogens with zero attached hydrogens (tertiary/aromatic N) is 4. The van der Waals surface area contributed by atoms with Crippen molar-refractivity contribution in [3.63, 3.8) is 0 Å². The predicted octanol–water partition coefficient (Wildman–Crippen LogP) is 4.79. The van der Waals surface area contributed by atoms with Gasteiger partial charge in [0.1, 0.15) is 39.0 Å². The van der Waals surface area contributed by atoms with Gasteiger partial charge in [0.05, 0.1) is 29.2 Å². The maximum Gasteiger partial charge on any atom is 0.413 e. The number of fused-ring (bicyclic) bond motifs is 1. The number of sulfone groups is 1. The van der Waals surface area contributed by atoms with E-state index >= 15 is 4.39 Å². The number of aliphatic imine (C=N–C) groups is 1. The lowest BCUT2D eigenvalue weighted by Crippen LogP contribution is -2.58. The number of hydrogen-bond donors (Lipinski definition) is 2. The van der Waals surface area contributed by atoms with Gasteiger partial charge in [-0.1, -0.05) is 11.6 Å². The van der Waals surface area contributed by atoms with Gasteiger partial charge >= 0.3 is 6.09 Å². The molecule has 0 unspecified atom stereocenters. The van der Waals surface area contributed by atoms with Gasteiger partial charge in [0.25, 0.3) is 0 Å². The largest absolute Gasteiger partial charge is 0.444 e. The van der Waals surface area contributed by atoms with Crippen LogP contribution in [0.2, 0.25) is 5.02 Å². The molecule has 1 aliphatic rings. The molecule has 0 radical (unpaired) electrons. The van der Waals surface area contributed by atoms with Crippen LogP contribution in [0.1, 0.15) is 58.5 Å². The van der Waals surface area contributed by atoms with Crippen LogP contribution in [0.5, 0.6) is 0 Å². The normalized spacial score (nSPS) is 20.4. The van der Waals surface area contributed by atoms with E-state index in [1.54, 1.807) is 39.1 Å². The minimum Gasteiger partial charge on any atom is -0.444 e. The van der Waals surface area contributed by atoms with E-state index in [-0.39, 0.29) is 17.9 Å². The first-order chi connectivity index (χ1) is 17.9. The zero-order valence-electron chi connectivity index (χ0n) is 22.9. The van der Waals surface area contributed by atoms with Crippen molar-refractivity contribution >= 4 is 44.8 Å². The van der Waals surface area contributed by atoms with Crippen molar-refractivity contribution in [2.75, 3.05) is 11.1 Å². The predicted molar refractivity (Wildman–Crippen MR) is 148 cm³/mol. The van der Waals surface area contributed by atoms with E-state index in [4.69, 9.17) is 16.3 Å². The molecule has 1 aliphatic heterocycles. The molecule has 3 aromatic heterocycles. The number of pyridine rings is 2.